The van der Waals surface area contributed by atoms with Crippen LogP contribution in [0.3, 0.4) is 0 Å². The first-order chi connectivity index (χ1) is 8.20. The van der Waals surface area contributed by atoms with E-state index in [0.717, 1.165) is 0 Å². The molecule has 0 fully saturated rings. The van der Waals surface area contributed by atoms with Crippen LogP contribution in [0.25, 0.3) is 0 Å². The van der Waals surface area contributed by atoms with Crippen molar-refractivity contribution in [3.63, 3.8) is 0 Å². The van der Waals surface area contributed by atoms with Crippen LogP contribution in [0.1, 0.15) is 12.8 Å². The van der Waals surface area contributed by atoms with Gasteiger partial charge >= 0.3 is 0 Å². The van der Waals surface area contributed by atoms with Crippen molar-refractivity contribution in [2.24, 2.45) is 5.73 Å². The molecule has 0 aromatic carbocycles. The summed E-state index contributed by atoms with van der Waals surface area (Å²) in [6.45, 7) is 0.553. The van der Waals surface area contributed by atoms with Crippen LogP contribution in [-0.2, 0) is 4.74 Å². The van der Waals surface area contributed by atoms with Gasteiger partial charge in [-0.25, -0.2) is 0 Å². The molecule has 0 aromatic heterocycles. The third-order valence-electron chi connectivity index (χ3n) is 1.79. The van der Waals surface area contributed by atoms with E-state index >= 15 is 0 Å². The first kappa shape index (κ1) is 15.5. The highest BCUT2D eigenvalue weighted by Crippen LogP contribution is 1.97. The van der Waals surface area contributed by atoms with E-state index in [1.165, 1.54) is 0 Å². The second kappa shape index (κ2) is 11.0. The van der Waals surface area contributed by atoms with Gasteiger partial charge in [0.15, 0.2) is 0 Å². The fourth-order valence-electron chi connectivity index (χ4n) is 0.889. The monoisotopic (exact) mass is 235 g/mol. The summed E-state index contributed by atoms with van der Waals surface area (Å²) < 4.78 is 5.15. The second-order valence-electron chi connectivity index (χ2n) is 3.36. The fourth-order valence-corrected chi connectivity index (χ4v) is 0.889. The van der Waals surface area contributed by atoms with E-state index in [0.29, 0.717) is 19.4 Å². The number of terminal acetylenes is 1. The summed E-state index contributed by atoms with van der Waals surface area (Å²) in [5.74, 6) is 12.2. The summed E-state index contributed by atoms with van der Waals surface area (Å²) in [6, 6.07) is -0.369. The minimum absolute atomic E-state index is 0.109. The average molecular weight is 235 g/mol. The van der Waals surface area contributed by atoms with Gasteiger partial charge in [0.2, 0.25) is 0 Å². The molecule has 0 bridgehead atoms. The van der Waals surface area contributed by atoms with E-state index in [-0.39, 0.29) is 19.3 Å². The summed E-state index contributed by atoms with van der Waals surface area (Å²) in [4.78, 5) is 0. The molecule has 4 N–H and O–H groups in total. The Bertz CT molecular complexity index is 351. The molecule has 0 amide bonds. The number of rotatable bonds is 7. The largest absolute Gasteiger partial charge is 0.395 e. The van der Waals surface area contributed by atoms with Crippen molar-refractivity contribution >= 4 is 0 Å². The van der Waals surface area contributed by atoms with Crippen molar-refractivity contribution in [1.82, 2.24) is 0 Å². The van der Waals surface area contributed by atoms with E-state index < -0.39 is 6.10 Å². The minimum atomic E-state index is -0.555. The van der Waals surface area contributed by atoms with Crippen LogP contribution in [0.4, 0.5) is 0 Å². The minimum Gasteiger partial charge on any atom is -0.395 e. The van der Waals surface area contributed by atoms with Gasteiger partial charge in [0.25, 0.3) is 0 Å². The predicted octanol–water partition coefficient (Wildman–Crippen LogP) is -0.896. The Balaban J connectivity index is 3.56. The molecule has 0 aliphatic rings. The number of aliphatic hydroxyl groups excluding tert-OH is 2. The molecule has 0 aromatic rings. The molecule has 0 saturated carbocycles. The lowest BCUT2D eigenvalue weighted by molar-refractivity contribution is 0.0675. The maximum absolute atomic E-state index is 9.48. The first-order valence-corrected chi connectivity index (χ1v) is 5.26. The molecule has 0 unspecified atom stereocenters. The van der Waals surface area contributed by atoms with E-state index in [4.69, 9.17) is 22.0 Å². The third kappa shape index (κ3) is 10.8. The number of aliphatic hydroxyl groups is 2. The molecule has 0 aliphatic heterocycles. The van der Waals surface area contributed by atoms with Crippen molar-refractivity contribution in [1.29, 1.82) is 0 Å². The summed E-state index contributed by atoms with van der Waals surface area (Å²) in [5.41, 5.74) is 5.43. The zero-order chi connectivity index (χ0) is 12.9. The van der Waals surface area contributed by atoms with Gasteiger partial charge in [-0.05, 0) is 30.1 Å². The Hall–Kier alpha value is -1.48. The lowest BCUT2D eigenvalue weighted by atomic mass is 10.2. The molecule has 0 spiro atoms. The van der Waals surface area contributed by atoms with E-state index in [1.54, 1.807) is 0 Å². The molecule has 4 heteroatoms. The van der Waals surface area contributed by atoms with Crippen LogP contribution in [0.5, 0.6) is 0 Å². The van der Waals surface area contributed by atoms with Gasteiger partial charge in [0.1, 0.15) is 0 Å². The van der Waals surface area contributed by atoms with E-state index in [9.17, 15) is 5.11 Å². The maximum atomic E-state index is 9.48. The molecule has 0 rings (SSSR count). The van der Waals surface area contributed by atoms with Gasteiger partial charge in [0.05, 0.1) is 25.4 Å². The Morgan fingerprint density at radius 3 is 2.71 bits per heavy atom. The van der Waals surface area contributed by atoms with Crippen LogP contribution >= 0.6 is 0 Å². The Morgan fingerprint density at radius 1 is 1.29 bits per heavy atom. The average Bonchev–Trinajstić information content (AvgIpc) is 2.34. The second-order valence-corrected chi connectivity index (χ2v) is 3.36. The number of hydrogen-bond acceptors (Lipinski definition) is 4. The van der Waals surface area contributed by atoms with Crippen molar-refractivity contribution < 1.29 is 14.9 Å². The molecule has 0 aliphatic carbocycles. The molecule has 92 valence electrons. The van der Waals surface area contributed by atoms with Crippen LogP contribution in [0.15, 0.2) is 0 Å². The zero-order valence-corrected chi connectivity index (χ0v) is 9.65. The molecule has 0 saturated heterocycles. The van der Waals surface area contributed by atoms with Crippen LogP contribution in [-0.4, -0.2) is 42.2 Å². The quantitative estimate of drug-likeness (QED) is 0.395. The SMILES string of the molecule is C#CC#CC#CC[C@@H](O)CCOC[C@@H](N)CO. The molecule has 4 nitrogen and oxygen atoms in total. The van der Waals surface area contributed by atoms with Gasteiger partial charge in [-0.2, -0.15) is 0 Å². The Morgan fingerprint density at radius 2 is 2.06 bits per heavy atom. The summed E-state index contributed by atoms with van der Waals surface area (Å²) in [6.07, 6.45) is 5.14. The highest BCUT2D eigenvalue weighted by atomic mass is 16.5. The summed E-state index contributed by atoms with van der Waals surface area (Å²) in [7, 11) is 0. The number of nitrogens with two attached hydrogens (primary N) is 1. The predicted molar refractivity (Wildman–Crippen MR) is 65.5 cm³/mol. The van der Waals surface area contributed by atoms with Crippen molar-refractivity contribution in [3.8, 4) is 36.0 Å². The van der Waals surface area contributed by atoms with Gasteiger partial charge in [-0.3, -0.25) is 0 Å². The molecule has 2 atom stereocenters. The molecular weight excluding hydrogens is 218 g/mol. The van der Waals surface area contributed by atoms with Crippen LogP contribution in [0.2, 0.25) is 0 Å². The maximum Gasteiger partial charge on any atom is 0.0671 e. The van der Waals surface area contributed by atoms with Gasteiger partial charge in [-0.1, -0.05) is 5.92 Å². The topological polar surface area (TPSA) is 75.7 Å². The lowest BCUT2D eigenvalue weighted by Gasteiger charge is -2.10. The summed E-state index contributed by atoms with van der Waals surface area (Å²) in [5, 5.41) is 18.1. The lowest BCUT2D eigenvalue weighted by Crippen LogP contribution is -2.30. The van der Waals surface area contributed by atoms with Gasteiger partial charge in [-0.15, -0.1) is 6.42 Å². The third-order valence-corrected chi connectivity index (χ3v) is 1.79. The van der Waals surface area contributed by atoms with Crippen molar-refractivity contribution in [2.45, 2.75) is 25.0 Å². The van der Waals surface area contributed by atoms with Gasteiger partial charge in [0, 0.05) is 13.0 Å². The van der Waals surface area contributed by atoms with Crippen LogP contribution in [0, 0.1) is 36.0 Å². The van der Waals surface area contributed by atoms with Crippen molar-refractivity contribution in [3.05, 3.63) is 0 Å². The van der Waals surface area contributed by atoms with E-state index in [2.05, 4.69) is 29.6 Å². The van der Waals surface area contributed by atoms with Crippen LogP contribution < -0.4 is 5.73 Å². The highest BCUT2D eigenvalue weighted by Gasteiger charge is 2.03. The Labute approximate surface area is 102 Å². The molecule has 0 radical (unpaired) electrons. The highest BCUT2D eigenvalue weighted by molar-refractivity contribution is 5.33. The number of ether oxygens (including phenoxy) is 1. The smallest absolute Gasteiger partial charge is 0.0671 e. The standard InChI is InChI=1S/C13H17NO3/c1-2-3-4-5-6-7-13(16)8-9-17-11-12(14)10-15/h1,12-13,15-16H,7-11,14H2/t12-,13+/m0/s1. The van der Waals surface area contributed by atoms with E-state index in [1.807, 2.05) is 0 Å². The summed E-state index contributed by atoms with van der Waals surface area (Å²) >= 11 is 0. The number of hydrogen-bond donors (Lipinski definition) is 3. The molecular formula is C13H17NO3. The zero-order valence-electron chi connectivity index (χ0n) is 9.65. The van der Waals surface area contributed by atoms with Crippen molar-refractivity contribution in [2.75, 3.05) is 19.8 Å². The fraction of sp³-hybridized carbons (Fsp3) is 0.538. The first-order valence-electron chi connectivity index (χ1n) is 5.26. The molecule has 17 heavy (non-hydrogen) atoms. The molecule has 0 heterocycles. The van der Waals surface area contributed by atoms with Gasteiger partial charge < -0.3 is 20.7 Å². The normalized spacial score (nSPS) is 12.4. The Kier molecular flexibility index (Phi) is 10.1.